The molecule has 3 aromatic heterocycles. The maximum absolute atomic E-state index is 12.8. The number of rotatable bonds is 6. The number of hydrogen-bond donors (Lipinski definition) is 2. The Labute approximate surface area is 188 Å². The maximum atomic E-state index is 12.8. The Morgan fingerprint density at radius 3 is 2.97 bits per heavy atom. The van der Waals surface area contributed by atoms with Crippen molar-refractivity contribution in [1.82, 2.24) is 20.4 Å². The number of amides is 1. The van der Waals surface area contributed by atoms with Crippen molar-refractivity contribution in [3.63, 3.8) is 0 Å². The second-order valence-corrected chi connectivity index (χ2v) is 8.95. The molecule has 158 valence electrons. The molecule has 1 aromatic carbocycles. The Morgan fingerprint density at radius 2 is 2.16 bits per heavy atom. The van der Waals surface area contributed by atoms with Crippen molar-refractivity contribution in [2.24, 2.45) is 0 Å². The number of nitrogens with one attached hydrogen (secondary N) is 2. The van der Waals surface area contributed by atoms with E-state index in [1.807, 2.05) is 41.7 Å². The van der Waals surface area contributed by atoms with Crippen LogP contribution in [0.3, 0.4) is 0 Å². The Hall–Kier alpha value is -2.87. The monoisotopic (exact) mass is 452 g/mol. The van der Waals surface area contributed by atoms with Gasteiger partial charge in [0.15, 0.2) is 11.5 Å². The molecule has 8 heteroatoms. The number of H-pyrrole nitrogens is 1. The van der Waals surface area contributed by atoms with E-state index in [2.05, 4.69) is 31.9 Å². The van der Waals surface area contributed by atoms with Crippen molar-refractivity contribution in [2.75, 3.05) is 13.1 Å². The number of carbonyl (C=O) groups is 1. The van der Waals surface area contributed by atoms with Crippen LogP contribution in [0.4, 0.5) is 0 Å². The highest BCUT2D eigenvalue weighted by atomic mass is 35.5. The van der Waals surface area contributed by atoms with Crippen molar-refractivity contribution >= 4 is 28.8 Å². The van der Waals surface area contributed by atoms with Gasteiger partial charge in [0.1, 0.15) is 5.69 Å². The zero-order valence-electron chi connectivity index (χ0n) is 16.7. The largest absolute Gasteiger partial charge is 0.463 e. The van der Waals surface area contributed by atoms with E-state index in [0.29, 0.717) is 28.7 Å². The summed E-state index contributed by atoms with van der Waals surface area (Å²) < 4.78 is 5.36. The molecular formula is C23H21ClN4O2S. The fraction of sp³-hybridized carbons (Fsp3) is 0.217. The minimum atomic E-state index is -0.221. The zero-order chi connectivity index (χ0) is 21.2. The summed E-state index contributed by atoms with van der Waals surface area (Å²) in [6.45, 7) is 2.29. The number of aromatic amines is 1. The van der Waals surface area contributed by atoms with Gasteiger partial charge in [-0.1, -0.05) is 23.7 Å². The minimum Gasteiger partial charge on any atom is -0.463 e. The van der Waals surface area contributed by atoms with E-state index < -0.39 is 0 Å². The zero-order valence-corrected chi connectivity index (χ0v) is 18.2. The number of fused-ring (bicyclic) bond motifs is 1. The number of hydrogen-bond acceptors (Lipinski definition) is 5. The number of thiophene rings is 1. The lowest BCUT2D eigenvalue weighted by Gasteiger charge is -2.35. The summed E-state index contributed by atoms with van der Waals surface area (Å²) in [6.07, 6.45) is 2.61. The van der Waals surface area contributed by atoms with Crippen molar-refractivity contribution in [3.8, 4) is 11.5 Å². The van der Waals surface area contributed by atoms with Crippen molar-refractivity contribution in [2.45, 2.75) is 19.0 Å². The van der Waals surface area contributed by atoms with Crippen molar-refractivity contribution in [1.29, 1.82) is 0 Å². The molecule has 0 bridgehead atoms. The van der Waals surface area contributed by atoms with Crippen LogP contribution in [0.15, 0.2) is 64.6 Å². The first-order valence-electron chi connectivity index (χ1n) is 10.1. The van der Waals surface area contributed by atoms with E-state index in [9.17, 15) is 4.79 Å². The summed E-state index contributed by atoms with van der Waals surface area (Å²) >= 11 is 7.93. The van der Waals surface area contributed by atoms with Crippen LogP contribution >= 0.6 is 22.9 Å². The Morgan fingerprint density at radius 1 is 1.29 bits per heavy atom. The quantitative estimate of drug-likeness (QED) is 0.435. The van der Waals surface area contributed by atoms with Gasteiger partial charge in [-0.05, 0) is 53.3 Å². The first-order valence-corrected chi connectivity index (χ1v) is 11.4. The lowest BCUT2D eigenvalue weighted by atomic mass is 10.0. The average molecular weight is 453 g/mol. The summed E-state index contributed by atoms with van der Waals surface area (Å²) in [7, 11) is 0. The molecule has 0 fully saturated rings. The summed E-state index contributed by atoms with van der Waals surface area (Å²) in [5, 5.41) is 12.9. The van der Waals surface area contributed by atoms with Crippen LogP contribution in [0.2, 0.25) is 5.02 Å². The average Bonchev–Trinajstić information content (AvgIpc) is 3.55. The van der Waals surface area contributed by atoms with E-state index in [1.54, 1.807) is 18.4 Å². The molecule has 0 saturated heterocycles. The molecule has 1 unspecified atom stereocenters. The molecular weight excluding hydrogens is 432 g/mol. The highest BCUT2D eigenvalue weighted by molar-refractivity contribution is 7.10. The number of furan rings is 1. The Kier molecular flexibility index (Phi) is 5.63. The molecule has 2 N–H and O–H groups in total. The van der Waals surface area contributed by atoms with Gasteiger partial charge in [-0.2, -0.15) is 5.10 Å². The van der Waals surface area contributed by atoms with Gasteiger partial charge in [-0.25, -0.2) is 0 Å². The molecule has 1 aliphatic heterocycles. The number of halogens is 1. The van der Waals surface area contributed by atoms with Crippen LogP contribution in [-0.2, 0) is 13.0 Å². The van der Waals surface area contributed by atoms with Crippen LogP contribution in [-0.4, -0.2) is 34.1 Å². The van der Waals surface area contributed by atoms with Crippen LogP contribution in [0.5, 0.6) is 0 Å². The second-order valence-electron chi connectivity index (χ2n) is 7.51. The Balaban J connectivity index is 1.32. The standard InChI is InChI=1S/C23H21ClN4O2S/c24-17-5-3-15(4-6-17)20(28-9-7-22-16(14-28)8-11-31-22)13-25-23(29)19-12-18(26-27-19)21-2-1-10-30-21/h1-6,8,10-12,20H,7,9,13-14H2,(H,25,29)(H,26,27). The number of nitrogens with zero attached hydrogens (tertiary/aromatic N) is 2. The van der Waals surface area contributed by atoms with Crippen molar-refractivity contribution < 1.29 is 9.21 Å². The highest BCUT2D eigenvalue weighted by Crippen LogP contribution is 2.30. The summed E-state index contributed by atoms with van der Waals surface area (Å²) in [5.41, 5.74) is 3.50. The lowest BCUT2D eigenvalue weighted by molar-refractivity contribution is 0.0923. The first-order chi connectivity index (χ1) is 15.2. The third kappa shape index (κ3) is 4.30. The molecule has 4 aromatic rings. The van der Waals surface area contributed by atoms with E-state index in [4.69, 9.17) is 16.0 Å². The van der Waals surface area contributed by atoms with Gasteiger partial charge in [0.05, 0.1) is 12.3 Å². The molecule has 0 saturated carbocycles. The summed E-state index contributed by atoms with van der Waals surface area (Å²) in [4.78, 5) is 16.7. The second kappa shape index (κ2) is 8.70. The number of carbonyl (C=O) groups excluding carboxylic acids is 1. The molecule has 31 heavy (non-hydrogen) atoms. The molecule has 0 radical (unpaired) electrons. The van der Waals surface area contributed by atoms with Gasteiger partial charge in [0, 0.05) is 35.6 Å². The molecule has 4 heterocycles. The van der Waals surface area contributed by atoms with Crippen LogP contribution in [0.1, 0.15) is 32.5 Å². The third-order valence-electron chi connectivity index (χ3n) is 5.59. The minimum absolute atomic E-state index is 0.0396. The smallest absolute Gasteiger partial charge is 0.271 e. The van der Waals surface area contributed by atoms with Gasteiger partial charge >= 0.3 is 0 Å². The predicted octanol–water partition coefficient (Wildman–Crippen LogP) is 4.91. The third-order valence-corrected chi connectivity index (χ3v) is 6.86. The molecule has 0 spiro atoms. The predicted molar refractivity (Wildman–Crippen MR) is 121 cm³/mol. The number of aromatic nitrogens is 2. The molecule has 1 atom stereocenters. The molecule has 5 rings (SSSR count). The van der Waals surface area contributed by atoms with Crippen molar-refractivity contribution in [3.05, 3.63) is 86.9 Å². The van der Waals surface area contributed by atoms with E-state index in [1.165, 1.54) is 10.4 Å². The molecule has 0 aliphatic carbocycles. The lowest BCUT2D eigenvalue weighted by Crippen LogP contribution is -2.40. The first kappa shape index (κ1) is 20.1. The van der Waals surface area contributed by atoms with Gasteiger partial charge in [-0.15, -0.1) is 11.3 Å². The fourth-order valence-corrected chi connectivity index (χ4v) is 4.97. The number of benzene rings is 1. The Bertz CT molecular complexity index is 1170. The van der Waals surface area contributed by atoms with Gasteiger partial charge in [0.2, 0.25) is 0 Å². The molecule has 6 nitrogen and oxygen atoms in total. The fourth-order valence-electron chi connectivity index (χ4n) is 3.96. The van der Waals surface area contributed by atoms with E-state index >= 15 is 0 Å². The van der Waals surface area contributed by atoms with Crippen LogP contribution < -0.4 is 5.32 Å². The van der Waals surface area contributed by atoms with E-state index in [0.717, 1.165) is 25.1 Å². The normalized spacial score (nSPS) is 14.9. The van der Waals surface area contributed by atoms with Gasteiger partial charge < -0.3 is 9.73 Å². The van der Waals surface area contributed by atoms with Crippen LogP contribution in [0.25, 0.3) is 11.5 Å². The molecule has 1 aliphatic rings. The maximum Gasteiger partial charge on any atom is 0.271 e. The summed E-state index contributed by atoms with van der Waals surface area (Å²) in [6, 6.07) is 15.4. The topological polar surface area (TPSA) is 74.2 Å². The van der Waals surface area contributed by atoms with Gasteiger partial charge in [0.25, 0.3) is 5.91 Å². The highest BCUT2D eigenvalue weighted by Gasteiger charge is 2.26. The SMILES string of the molecule is O=C(NCC(c1ccc(Cl)cc1)N1CCc2sccc2C1)c1cc(-c2ccco2)[nH]n1. The summed E-state index contributed by atoms with van der Waals surface area (Å²) in [5.74, 6) is 0.423. The van der Waals surface area contributed by atoms with Gasteiger partial charge in [-0.3, -0.25) is 14.8 Å². The van der Waals surface area contributed by atoms with E-state index in [-0.39, 0.29) is 11.9 Å². The molecule has 1 amide bonds. The van der Waals surface area contributed by atoms with Crippen LogP contribution in [0, 0.1) is 0 Å².